The second-order valence-electron chi connectivity index (χ2n) is 4.82. The van der Waals surface area contributed by atoms with E-state index in [4.69, 9.17) is 23.2 Å². The molecule has 0 saturated heterocycles. The SMILES string of the molecule is CCc1ccc(C(CSc2cc(Cl)ccc2Cl)NC)cc1. The Bertz CT molecular complexity index is 584. The van der Waals surface area contributed by atoms with Gasteiger partial charge in [-0.2, -0.15) is 0 Å². The molecular weight excluding hydrogens is 321 g/mol. The average molecular weight is 340 g/mol. The minimum atomic E-state index is 0.288. The van der Waals surface area contributed by atoms with Crippen LogP contribution in [-0.4, -0.2) is 12.8 Å². The lowest BCUT2D eigenvalue weighted by Crippen LogP contribution is -2.18. The van der Waals surface area contributed by atoms with Crippen molar-refractivity contribution in [2.24, 2.45) is 0 Å². The molecule has 0 aromatic heterocycles. The molecule has 1 N–H and O–H groups in total. The molecule has 0 aliphatic rings. The molecule has 4 heteroatoms. The van der Waals surface area contributed by atoms with Crippen LogP contribution in [-0.2, 0) is 6.42 Å². The molecule has 0 saturated carbocycles. The standard InChI is InChI=1S/C17H19Cl2NS/c1-3-12-4-6-13(7-5-12)16(20-2)11-21-17-10-14(18)8-9-15(17)19/h4-10,16,20H,3,11H2,1-2H3. The van der Waals surface area contributed by atoms with Gasteiger partial charge < -0.3 is 5.32 Å². The second kappa shape index (κ2) is 8.09. The molecule has 0 fully saturated rings. The van der Waals surface area contributed by atoms with Crippen molar-refractivity contribution in [1.82, 2.24) is 5.32 Å². The highest BCUT2D eigenvalue weighted by Gasteiger charge is 2.11. The summed E-state index contributed by atoms with van der Waals surface area (Å²) >= 11 is 14.0. The third-order valence-corrected chi connectivity index (χ3v) is 5.26. The van der Waals surface area contributed by atoms with Crippen LogP contribution in [0.5, 0.6) is 0 Å². The molecular formula is C17H19Cl2NS. The minimum Gasteiger partial charge on any atom is -0.312 e. The van der Waals surface area contributed by atoms with Crippen molar-refractivity contribution in [1.29, 1.82) is 0 Å². The van der Waals surface area contributed by atoms with E-state index in [2.05, 4.69) is 36.5 Å². The maximum atomic E-state index is 6.21. The number of halogens is 2. The van der Waals surface area contributed by atoms with Gasteiger partial charge in [0.2, 0.25) is 0 Å². The van der Waals surface area contributed by atoms with E-state index in [1.807, 2.05) is 25.2 Å². The normalized spacial score (nSPS) is 12.4. The molecule has 0 bridgehead atoms. The van der Waals surface area contributed by atoms with Crippen LogP contribution in [0.3, 0.4) is 0 Å². The van der Waals surface area contributed by atoms with Crippen molar-refractivity contribution >= 4 is 35.0 Å². The Hall–Kier alpha value is -0.670. The predicted octanol–water partition coefficient (Wildman–Crippen LogP) is 5.61. The van der Waals surface area contributed by atoms with Crippen molar-refractivity contribution in [3.8, 4) is 0 Å². The molecule has 1 unspecified atom stereocenters. The second-order valence-corrected chi connectivity index (χ2v) is 6.73. The summed E-state index contributed by atoms with van der Waals surface area (Å²) in [6, 6.07) is 14.6. The van der Waals surface area contributed by atoms with Crippen LogP contribution in [0.1, 0.15) is 24.1 Å². The summed E-state index contributed by atoms with van der Waals surface area (Å²) in [6.07, 6.45) is 1.07. The summed E-state index contributed by atoms with van der Waals surface area (Å²) in [5, 5.41) is 4.83. The lowest BCUT2D eigenvalue weighted by atomic mass is 10.1. The Balaban J connectivity index is 2.06. The fraction of sp³-hybridized carbons (Fsp3) is 0.294. The first kappa shape index (κ1) is 16.7. The highest BCUT2D eigenvalue weighted by molar-refractivity contribution is 7.99. The summed E-state index contributed by atoms with van der Waals surface area (Å²) in [4.78, 5) is 1.02. The van der Waals surface area contributed by atoms with E-state index in [0.29, 0.717) is 0 Å². The molecule has 0 heterocycles. The molecule has 1 atom stereocenters. The lowest BCUT2D eigenvalue weighted by Gasteiger charge is -2.17. The Labute approximate surface area is 141 Å². The Kier molecular flexibility index (Phi) is 6.43. The smallest absolute Gasteiger partial charge is 0.0542 e. The Morgan fingerprint density at radius 3 is 2.43 bits per heavy atom. The maximum Gasteiger partial charge on any atom is 0.0542 e. The zero-order valence-electron chi connectivity index (χ0n) is 12.2. The van der Waals surface area contributed by atoms with E-state index >= 15 is 0 Å². The fourth-order valence-electron chi connectivity index (χ4n) is 2.09. The van der Waals surface area contributed by atoms with Crippen LogP contribution in [0.2, 0.25) is 10.0 Å². The van der Waals surface area contributed by atoms with Gasteiger partial charge >= 0.3 is 0 Å². The predicted molar refractivity (Wildman–Crippen MR) is 94.8 cm³/mol. The third-order valence-electron chi connectivity index (χ3n) is 3.44. The van der Waals surface area contributed by atoms with Crippen molar-refractivity contribution < 1.29 is 0 Å². The van der Waals surface area contributed by atoms with Crippen molar-refractivity contribution in [3.05, 3.63) is 63.6 Å². The van der Waals surface area contributed by atoms with Crippen LogP contribution in [0.25, 0.3) is 0 Å². The van der Waals surface area contributed by atoms with Gasteiger partial charge in [-0.25, -0.2) is 0 Å². The number of aryl methyl sites for hydroxylation is 1. The molecule has 21 heavy (non-hydrogen) atoms. The molecule has 112 valence electrons. The van der Waals surface area contributed by atoms with E-state index in [9.17, 15) is 0 Å². The van der Waals surface area contributed by atoms with Gasteiger partial charge in [0, 0.05) is 21.7 Å². The van der Waals surface area contributed by atoms with Crippen LogP contribution in [0, 0.1) is 0 Å². The molecule has 0 radical (unpaired) electrons. The minimum absolute atomic E-state index is 0.288. The van der Waals surface area contributed by atoms with Crippen LogP contribution >= 0.6 is 35.0 Å². The number of hydrogen-bond donors (Lipinski definition) is 1. The molecule has 0 amide bonds. The van der Waals surface area contributed by atoms with Gasteiger partial charge in [0.25, 0.3) is 0 Å². The van der Waals surface area contributed by atoms with Gasteiger partial charge in [-0.3, -0.25) is 0 Å². The summed E-state index contributed by atoms with van der Waals surface area (Å²) in [6.45, 7) is 2.17. The first-order valence-corrected chi connectivity index (χ1v) is 8.72. The molecule has 2 rings (SSSR count). The van der Waals surface area contributed by atoms with E-state index in [0.717, 1.165) is 27.1 Å². The molecule has 0 aliphatic carbocycles. The van der Waals surface area contributed by atoms with Gasteiger partial charge in [-0.15, -0.1) is 11.8 Å². The highest BCUT2D eigenvalue weighted by atomic mass is 35.5. The number of rotatable bonds is 6. The van der Waals surface area contributed by atoms with Gasteiger partial charge in [-0.1, -0.05) is 54.4 Å². The summed E-state index contributed by atoms with van der Waals surface area (Å²) in [5.41, 5.74) is 2.65. The summed E-state index contributed by atoms with van der Waals surface area (Å²) in [7, 11) is 1.98. The van der Waals surface area contributed by atoms with Crippen molar-refractivity contribution in [3.63, 3.8) is 0 Å². The zero-order chi connectivity index (χ0) is 15.2. The molecule has 1 nitrogen and oxygen atoms in total. The monoisotopic (exact) mass is 339 g/mol. The number of hydrogen-bond acceptors (Lipinski definition) is 2. The molecule has 0 spiro atoms. The first-order valence-electron chi connectivity index (χ1n) is 6.98. The van der Waals surface area contributed by atoms with Gasteiger partial charge in [0.1, 0.15) is 0 Å². The summed E-state index contributed by atoms with van der Waals surface area (Å²) in [5.74, 6) is 0.905. The fourth-order valence-corrected chi connectivity index (χ4v) is 3.73. The number of nitrogens with one attached hydrogen (secondary N) is 1. The third kappa shape index (κ3) is 4.65. The number of thioether (sulfide) groups is 1. The first-order chi connectivity index (χ1) is 10.1. The lowest BCUT2D eigenvalue weighted by molar-refractivity contribution is 0.661. The molecule has 2 aromatic carbocycles. The maximum absolute atomic E-state index is 6.21. The average Bonchev–Trinajstić information content (AvgIpc) is 2.51. The number of benzene rings is 2. The van der Waals surface area contributed by atoms with Crippen LogP contribution < -0.4 is 5.32 Å². The van der Waals surface area contributed by atoms with Crippen molar-refractivity contribution in [2.45, 2.75) is 24.3 Å². The molecule has 0 aliphatic heterocycles. The van der Waals surface area contributed by atoms with E-state index < -0.39 is 0 Å². The quantitative estimate of drug-likeness (QED) is 0.686. The van der Waals surface area contributed by atoms with Gasteiger partial charge in [0.15, 0.2) is 0 Å². The topological polar surface area (TPSA) is 12.0 Å². The van der Waals surface area contributed by atoms with Gasteiger partial charge in [-0.05, 0) is 42.8 Å². The van der Waals surface area contributed by atoms with Crippen LogP contribution in [0.4, 0.5) is 0 Å². The summed E-state index contributed by atoms with van der Waals surface area (Å²) < 4.78 is 0. The largest absolute Gasteiger partial charge is 0.312 e. The van der Waals surface area contributed by atoms with E-state index in [-0.39, 0.29) is 6.04 Å². The van der Waals surface area contributed by atoms with Crippen LogP contribution in [0.15, 0.2) is 47.4 Å². The van der Waals surface area contributed by atoms with E-state index in [1.54, 1.807) is 11.8 Å². The Morgan fingerprint density at radius 1 is 1.10 bits per heavy atom. The van der Waals surface area contributed by atoms with E-state index in [1.165, 1.54) is 11.1 Å². The highest BCUT2D eigenvalue weighted by Crippen LogP contribution is 2.32. The van der Waals surface area contributed by atoms with Gasteiger partial charge in [0.05, 0.1) is 5.02 Å². The van der Waals surface area contributed by atoms with Crippen molar-refractivity contribution in [2.75, 3.05) is 12.8 Å². The molecule has 2 aromatic rings. The zero-order valence-corrected chi connectivity index (χ0v) is 14.5. The Morgan fingerprint density at radius 2 is 1.81 bits per heavy atom.